The number of aromatic nitrogens is 2. The zero-order chi connectivity index (χ0) is 20.3. The predicted octanol–water partition coefficient (Wildman–Crippen LogP) is 2.72. The summed E-state index contributed by atoms with van der Waals surface area (Å²) < 4.78 is 22.1. The third-order valence-electron chi connectivity index (χ3n) is 4.04. The molecule has 1 aromatic carbocycles. The van der Waals surface area contributed by atoms with Gasteiger partial charge in [-0.15, -0.1) is 0 Å². The number of hydroxylamine groups is 1. The average Bonchev–Trinajstić information content (AvgIpc) is 2.96. The van der Waals surface area contributed by atoms with Crippen molar-refractivity contribution < 1.29 is 23.9 Å². The molecule has 0 aliphatic heterocycles. The number of rotatable bonds is 7. The van der Waals surface area contributed by atoms with Gasteiger partial charge in [0.15, 0.2) is 5.75 Å². The number of pyridine rings is 1. The van der Waals surface area contributed by atoms with Crippen molar-refractivity contribution in [1.29, 1.82) is 0 Å². The number of fused-ring (bicyclic) bond motifs is 1. The molecule has 0 atom stereocenters. The van der Waals surface area contributed by atoms with E-state index >= 15 is 0 Å². The Hall–Kier alpha value is -2.44. The number of ether oxygens (including phenoxy) is 1. The third-order valence-corrected chi connectivity index (χ3v) is 4.72. The van der Waals surface area contributed by atoms with E-state index in [1.165, 1.54) is 19.4 Å². The standard InChI is InChI=1S/C18H18FIN4O4/c1-24-16-11(8-21-9-14(16)27-2)15(17(24)18(26)23-28-6-5-25)22-13-4-3-10(20)7-12(13)19/h3-4,7-9,22,25H,5-6H2,1-2H3,(H,23,26). The molecule has 0 saturated heterocycles. The van der Waals surface area contributed by atoms with Gasteiger partial charge in [0.05, 0.1) is 43.4 Å². The Morgan fingerprint density at radius 2 is 2.18 bits per heavy atom. The first-order valence-electron chi connectivity index (χ1n) is 8.23. The van der Waals surface area contributed by atoms with Crippen molar-refractivity contribution in [2.24, 2.45) is 7.05 Å². The van der Waals surface area contributed by atoms with Gasteiger partial charge in [-0.05, 0) is 40.8 Å². The molecule has 0 unspecified atom stereocenters. The van der Waals surface area contributed by atoms with E-state index in [2.05, 4.69) is 15.8 Å². The van der Waals surface area contributed by atoms with Gasteiger partial charge in [0.25, 0.3) is 5.91 Å². The third kappa shape index (κ3) is 3.88. The fourth-order valence-electron chi connectivity index (χ4n) is 2.85. The lowest BCUT2D eigenvalue weighted by atomic mass is 10.2. The number of aryl methyl sites for hydroxylation is 1. The molecule has 148 valence electrons. The summed E-state index contributed by atoms with van der Waals surface area (Å²) in [5, 5.41) is 12.4. The summed E-state index contributed by atoms with van der Waals surface area (Å²) in [6.45, 7) is -0.304. The maximum Gasteiger partial charge on any atom is 0.293 e. The minimum Gasteiger partial charge on any atom is -0.493 e. The summed E-state index contributed by atoms with van der Waals surface area (Å²) in [4.78, 5) is 21.8. The lowest BCUT2D eigenvalue weighted by molar-refractivity contribution is 0.0163. The van der Waals surface area contributed by atoms with E-state index < -0.39 is 11.7 Å². The van der Waals surface area contributed by atoms with Gasteiger partial charge in [0, 0.05) is 22.2 Å². The summed E-state index contributed by atoms with van der Waals surface area (Å²) in [5.41, 5.74) is 3.64. The van der Waals surface area contributed by atoms with Gasteiger partial charge in [-0.3, -0.25) is 14.6 Å². The number of hydrogen-bond acceptors (Lipinski definition) is 6. The van der Waals surface area contributed by atoms with Crippen LogP contribution in [0.2, 0.25) is 0 Å². The number of nitrogens with one attached hydrogen (secondary N) is 2. The molecule has 3 N–H and O–H groups in total. The molecule has 0 aliphatic carbocycles. The highest BCUT2D eigenvalue weighted by Gasteiger charge is 2.24. The topological polar surface area (TPSA) is 97.6 Å². The number of aliphatic hydroxyl groups is 1. The first-order valence-corrected chi connectivity index (χ1v) is 9.31. The number of halogens is 2. The highest BCUT2D eigenvalue weighted by Crippen LogP contribution is 2.37. The Bertz CT molecular complexity index is 1020. The maximum absolute atomic E-state index is 14.4. The Labute approximate surface area is 173 Å². The van der Waals surface area contributed by atoms with Crippen LogP contribution in [-0.4, -0.2) is 40.9 Å². The van der Waals surface area contributed by atoms with Crippen LogP contribution in [0.5, 0.6) is 5.75 Å². The van der Waals surface area contributed by atoms with Gasteiger partial charge in [-0.25, -0.2) is 9.87 Å². The van der Waals surface area contributed by atoms with Crippen molar-refractivity contribution in [2.45, 2.75) is 0 Å². The first-order chi connectivity index (χ1) is 13.5. The highest BCUT2D eigenvalue weighted by molar-refractivity contribution is 14.1. The molecule has 0 saturated carbocycles. The lowest BCUT2D eigenvalue weighted by Gasteiger charge is -2.11. The summed E-state index contributed by atoms with van der Waals surface area (Å²) in [7, 11) is 3.18. The van der Waals surface area contributed by atoms with E-state index in [0.717, 1.165) is 3.57 Å². The van der Waals surface area contributed by atoms with Crippen LogP contribution in [0, 0.1) is 9.39 Å². The fourth-order valence-corrected chi connectivity index (χ4v) is 3.30. The second-order valence-corrected chi connectivity index (χ2v) is 7.02. The Kier molecular flexibility index (Phi) is 6.31. The molecule has 2 aromatic heterocycles. The number of aliphatic hydroxyl groups excluding tert-OH is 1. The molecule has 28 heavy (non-hydrogen) atoms. The molecular weight excluding hydrogens is 482 g/mol. The second kappa shape index (κ2) is 8.71. The number of anilines is 2. The summed E-state index contributed by atoms with van der Waals surface area (Å²) in [6, 6.07) is 4.73. The number of carbonyl (C=O) groups is 1. The van der Waals surface area contributed by atoms with Gasteiger partial charge in [0.2, 0.25) is 0 Å². The van der Waals surface area contributed by atoms with E-state index in [0.29, 0.717) is 22.3 Å². The highest BCUT2D eigenvalue weighted by atomic mass is 127. The number of carbonyl (C=O) groups excluding carboxylic acids is 1. The van der Waals surface area contributed by atoms with E-state index in [4.69, 9.17) is 14.7 Å². The van der Waals surface area contributed by atoms with Gasteiger partial charge < -0.3 is 19.7 Å². The van der Waals surface area contributed by atoms with Gasteiger partial charge in [-0.2, -0.15) is 0 Å². The summed E-state index contributed by atoms with van der Waals surface area (Å²) >= 11 is 2.02. The SMILES string of the molecule is COc1cncc2c(Nc3ccc(I)cc3F)c(C(=O)NOCCO)n(C)c12. The van der Waals surface area contributed by atoms with Crippen molar-refractivity contribution in [1.82, 2.24) is 15.0 Å². The zero-order valence-corrected chi connectivity index (χ0v) is 17.3. The van der Waals surface area contributed by atoms with E-state index in [9.17, 15) is 9.18 Å². The molecule has 10 heteroatoms. The van der Waals surface area contributed by atoms with Crippen molar-refractivity contribution >= 4 is 50.8 Å². The zero-order valence-electron chi connectivity index (χ0n) is 15.1. The van der Waals surface area contributed by atoms with E-state index in [-0.39, 0.29) is 24.6 Å². The normalized spacial score (nSPS) is 10.9. The van der Waals surface area contributed by atoms with E-state index in [1.807, 2.05) is 22.6 Å². The van der Waals surface area contributed by atoms with Crippen LogP contribution in [0.15, 0.2) is 30.6 Å². The Balaban J connectivity index is 2.15. The Morgan fingerprint density at radius 1 is 1.39 bits per heavy atom. The van der Waals surface area contributed by atoms with Crippen LogP contribution in [0.1, 0.15) is 10.5 Å². The first kappa shape index (κ1) is 20.3. The van der Waals surface area contributed by atoms with Crippen molar-refractivity contribution in [3.8, 4) is 5.75 Å². The van der Waals surface area contributed by atoms with Crippen LogP contribution in [0.3, 0.4) is 0 Å². The molecule has 3 rings (SSSR count). The molecule has 0 bridgehead atoms. The van der Waals surface area contributed by atoms with Gasteiger partial charge in [0.1, 0.15) is 11.5 Å². The molecule has 0 spiro atoms. The molecule has 1 amide bonds. The van der Waals surface area contributed by atoms with E-state index in [1.54, 1.807) is 29.9 Å². The average molecular weight is 500 g/mol. The summed E-state index contributed by atoms with van der Waals surface area (Å²) in [5.74, 6) is -0.563. The molecule has 2 heterocycles. The minimum absolute atomic E-state index is 0.0604. The molecular formula is C18H18FIN4O4. The van der Waals surface area contributed by atoms with Crippen molar-refractivity contribution in [3.63, 3.8) is 0 Å². The fraction of sp³-hybridized carbons (Fsp3) is 0.222. The molecule has 0 radical (unpaired) electrons. The number of hydrogen-bond donors (Lipinski definition) is 3. The van der Waals surface area contributed by atoms with Gasteiger partial charge in [-0.1, -0.05) is 0 Å². The van der Waals surface area contributed by atoms with Crippen LogP contribution >= 0.6 is 22.6 Å². The van der Waals surface area contributed by atoms with Crippen molar-refractivity contribution in [2.75, 3.05) is 25.6 Å². The van der Waals surface area contributed by atoms with Crippen LogP contribution in [0.4, 0.5) is 15.8 Å². The van der Waals surface area contributed by atoms with Crippen LogP contribution < -0.4 is 15.5 Å². The number of amides is 1. The van der Waals surface area contributed by atoms with Gasteiger partial charge >= 0.3 is 0 Å². The molecule has 3 aromatic rings. The summed E-state index contributed by atoms with van der Waals surface area (Å²) in [6.07, 6.45) is 3.09. The van der Waals surface area contributed by atoms with Crippen LogP contribution in [0.25, 0.3) is 10.9 Å². The monoisotopic (exact) mass is 500 g/mol. The van der Waals surface area contributed by atoms with Crippen molar-refractivity contribution in [3.05, 3.63) is 45.7 Å². The minimum atomic E-state index is -0.567. The molecule has 0 fully saturated rings. The largest absolute Gasteiger partial charge is 0.493 e. The Morgan fingerprint density at radius 3 is 2.86 bits per heavy atom. The predicted molar refractivity (Wildman–Crippen MR) is 110 cm³/mol. The maximum atomic E-state index is 14.4. The molecule has 8 nitrogen and oxygen atoms in total. The smallest absolute Gasteiger partial charge is 0.293 e. The number of nitrogens with zero attached hydrogens (tertiary/aromatic N) is 2. The lowest BCUT2D eigenvalue weighted by Crippen LogP contribution is -2.27. The number of methoxy groups -OCH3 is 1. The number of benzene rings is 1. The molecule has 0 aliphatic rings. The second-order valence-electron chi connectivity index (χ2n) is 5.77. The van der Waals surface area contributed by atoms with Crippen LogP contribution in [-0.2, 0) is 11.9 Å². The quantitative estimate of drug-likeness (QED) is 0.262.